The van der Waals surface area contributed by atoms with Crippen molar-refractivity contribution in [2.24, 2.45) is 0 Å². The molecule has 1 aliphatic carbocycles. The molecular formula is C12H14O2. The second kappa shape index (κ2) is 3.54. The van der Waals surface area contributed by atoms with E-state index in [1.807, 2.05) is 30.3 Å². The minimum absolute atomic E-state index is 0.169. The molecule has 1 aromatic carbocycles. The number of carbonyl (C=O) groups excluding carboxylic acids is 1. The van der Waals surface area contributed by atoms with Crippen LogP contribution in [0.25, 0.3) is 0 Å². The van der Waals surface area contributed by atoms with Crippen LogP contribution in [0.1, 0.15) is 31.2 Å². The van der Waals surface area contributed by atoms with Gasteiger partial charge < -0.3 is 5.11 Å². The SMILES string of the molecule is O=C1CCC[C@](O)(c2ccccc2)C1. The largest absolute Gasteiger partial charge is 0.385 e. The van der Waals surface area contributed by atoms with Gasteiger partial charge in [0.05, 0.1) is 5.60 Å². The topological polar surface area (TPSA) is 37.3 Å². The van der Waals surface area contributed by atoms with Gasteiger partial charge in [0.15, 0.2) is 0 Å². The molecule has 2 heteroatoms. The molecular weight excluding hydrogens is 176 g/mol. The Labute approximate surface area is 83.6 Å². The number of rotatable bonds is 1. The Morgan fingerprint density at radius 1 is 1.21 bits per heavy atom. The molecule has 2 nitrogen and oxygen atoms in total. The predicted molar refractivity (Wildman–Crippen MR) is 53.8 cm³/mol. The molecule has 0 heterocycles. The van der Waals surface area contributed by atoms with Crippen molar-refractivity contribution in [3.05, 3.63) is 35.9 Å². The molecule has 74 valence electrons. The normalized spacial score (nSPS) is 27.6. The number of Topliss-reactive ketones (excluding diaryl/α,β-unsaturated/α-hetero) is 1. The highest BCUT2D eigenvalue weighted by Crippen LogP contribution is 2.34. The maximum absolute atomic E-state index is 11.3. The fraction of sp³-hybridized carbons (Fsp3) is 0.417. The summed E-state index contributed by atoms with van der Waals surface area (Å²) in [4.78, 5) is 11.3. The van der Waals surface area contributed by atoms with E-state index in [1.165, 1.54) is 0 Å². The van der Waals surface area contributed by atoms with Crippen molar-refractivity contribution in [3.63, 3.8) is 0 Å². The summed E-state index contributed by atoms with van der Waals surface area (Å²) in [6.07, 6.45) is 2.39. The minimum Gasteiger partial charge on any atom is -0.385 e. The fourth-order valence-corrected chi connectivity index (χ4v) is 2.08. The molecule has 0 aliphatic heterocycles. The number of carbonyl (C=O) groups is 1. The Balaban J connectivity index is 2.27. The molecule has 2 rings (SSSR count). The van der Waals surface area contributed by atoms with Crippen molar-refractivity contribution in [3.8, 4) is 0 Å². The van der Waals surface area contributed by atoms with E-state index in [-0.39, 0.29) is 12.2 Å². The summed E-state index contributed by atoms with van der Waals surface area (Å²) in [5.41, 5.74) is -0.0376. The molecule has 0 saturated heterocycles. The molecule has 0 aromatic heterocycles. The van der Waals surface area contributed by atoms with E-state index in [0.29, 0.717) is 12.8 Å². The molecule has 0 bridgehead atoms. The molecule has 1 atom stereocenters. The van der Waals surface area contributed by atoms with E-state index in [1.54, 1.807) is 0 Å². The average molecular weight is 190 g/mol. The Morgan fingerprint density at radius 2 is 1.93 bits per heavy atom. The highest BCUT2D eigenvalue weighted by atomic mass is 16.3. The van der Waals surface area contributed by atoms with Crippen LogP contribution in [0.15, 0.2) is 30.3 Å². The van der Waals surface area contributed by atoms with Gasteiger partial charge in [0, 0.05) is 12.8 Å². The quantitative estimate of drug-likeness (QED) is 0.735. The lowest BCUT2D eigenvalue weighted by Crippen LogP contribution is -2.32. The number of hydrogen-bond acceptors (Lipinski definition) is 2. The zero-order chi connectivity index (χ0) is 10.0. The third-order valence-corrected chi connectivity index (χ3v) is 2.85. The first kappa shape index (κ1) is 9.41. The van der Waals surface area contributed by atoms with Crippen molar-refractivity contribution in [2.75, 3.05) is 0 Å². The van der Waals surface area contributed by atoms with Gasteiger partial charge in [-0.05, 0) is 18.4 Å². The summed E-state index contributed by atoms with van der Waals surface area (Å²) < 4.78 is 0. The van der Waals surface area contributed by atoms with E-state index in [0.717, 1.165) is 12.0 Å². The van der Waals surface area contributed by atoms with Crippen molar-refractivity contribution < 1.29 is 9.90 Å². The second-order valence-electron chi connectivity index (χ2n) is 3.97. The third kappa shape index (κ3) is 1.70. The zero-order valence-corrected chi connectivity index (χ0v) is 8.07. The van der Waals surface area contributed by atoms with Crippen LogP contribution in [0.2, 0.25) is 0 Å². The number of benzene rings is 1. The van der Waals surface area contributed by atoms with Crippen LogP contribution in [-0.2, 0) is 10.4 Å². The van der Waals surface area contributed by atoms with Gasteiger partial charge in [0.1, 0.15) is 5.78 Å². The van der Waals surface area contributed by atoms with Crippen LogP contribution < -0.4 is 0 Å². The van der Waals surface area contributed by atoms with Crippen molar-refractivity contribution in [2.45, 2.75) is 31.3 Å². The van der Waals surface area contributed by atoms with E-state index < -0.39 is 5.60 Å². The van der Waals surface area contributed by atoms with Crippen LogP contribution in [0, 0.1) is 0 Å². The van der Waals surface area contributed by atoms with Crippen LogP contribution in [0.4, 0.5) is 0 Å². The maximum Gasteiger partial charge on any atom is 0.136 e. The Hall–Kier alpha value is -1.15. The molecule has 0 spiro atoms. The van der Waals surface area contributed by atoms with E-state index in [4.69, 9.17) is 0 Å². The summed E-state index contributed by atoms with van der Waals surface area (Å²) in [7, 11) is 0. The minimum atomic E-state index is -0.906. The van der Waals surface area contributed by atoms with Gasteiger partial charge in [0.25, 0.3) is 0 Å². The van der Waals surface area contributed by atoms with Crippen LogP contribution in [-0.4, -0.2) is 10.9 Å². The second-order valence-corrected chi connectivity index (χ2v) is 3.97. The van der Waals surface area contributed by atoms with Crippen molar-refractivity contribution in [1.82, 2.24) is 0 Å². The highest BCUT2D eigenvalue weighted by Gasteiger charge is 2.34. The lowest BCUT2D eigenvalue weighted by atomic mass is 9.79. The first-order chi connectivity index (χ1) is 6.71. The van der Waals surface area contributed by atoms with Gasteiger partial charge in [-0.15, -0.1) is 0 Å². The lowest BCUT2D eigenvalue weighted by molar-refractivity contribution is -0.128. The van der Waals surface area contributed by atoms with E-state index >= 15 is 0 Å². The Kier molecular flexibility index (Phi) is 2.38. The van der Waals surface area contributed by atoms with Crippen molar-refractivity contribution in [1.29, 1.82) is 0 Å². The van der Waals surface area contributed by atoms with Gasteiger partial charge >= 0.3 is 0 Å². The van der Waals surface area contributed by atoms with Crippen LogP contribution >= 0.6 is 0 Å². The first-order valence-electron chi connectivity index (χ1n) is 5.00. The first-order valence-corrected chi connectivity index (χ1v) is 5.00. The number of ketones is 1. The summed E-state index contributed by atoms with van der Waals surface area (Å²) >= 11 is 0. The fourth-order valence-electron chi connectivity index (χ4n) is 2.08. The third-order valence-electron chi connectivity index (χ3n) is 2.85. The summed E-state index contributed by atoms with van der Waals surface area (Å²) in [6.45, 7) is 0. The van der Waals surface area contributed by atoms with Crippen LogP contribution in [0.3, 0.4) is 0 Å². The van der Waals surface area contributed by atoms with Crippen LogP contribution in [0.5, 0.6) is 0 Å². The average Bonchev–Trinajstić information content (AvgIpc) is 2.19. The van der Waals surface area contributed by atoms with Gasteiger partial charge in [-0.25, -0.2) is 0 Å². The van der Waals surface area contributed by atoms with Gasteiger partial charge in [0.2, 0.25) is 0 Å². The summed E-state index contributed by atoms with van der Waals surface area (Å²) in [6, 6.07) is 9.48. The maximum atomic E-state index is 11.3. The molecule has 14 heavy (non-hydrogen) atoms. The lowest BCUT2D eigenvalue weighted by Gasteiger charge is -2.31. The molecule has 1 aromatic rings. The van der Waals surface area contributed by atoms with Crippen molar-refractivity contribution >= 4 is 5.78 Å². The molecule has 1 N–H and O–H groups in total. The molecule has 0 amide bonds. The highest BCUT2D eigenvalue weighted by molar-refractivity contribution is 5.80. The molecule has 0 radical (unpaired) electrons. The number of aliphatic hydroxyl groups is 1. The molecule has 1 fully saturated rings. The van der Waals surface area contributed by atoms with E-state index in [2.05, 4.69) is 0 Å². The molecule has 1 saturated carbocycles. The Morgan fingerprint density at radius 3 is 2.57 bits per heavy atom. The molecule has 1 aliphatic rings. The van der Waals surface area contributed by atoms with Gasteiger partial charge in [-0.1, -0.05) is 30.3 Å². The smallest absolute Gasteiger partial charge is 0.136 e. The monoisotopic (exact) mass is 190 g/mol. The zero-order valence-electron chi connectivity index (χ0n) is 8.07. The van der Waals surface area contributed by atoms with E-state index in [9.17, 15) is 9.90 Å². The Bertz CT molecular complexity index is 331. The summed E-state index contributed by atoms with van der Waals surface area (Å²) in [5, 5.41) is 10.3. The summed E-state index contributed by atoms with van der Waals surface area (Å²) in [5.74, 6) is 0.169. The standard InChI is InChI=1S/C12H14O2/c13-11-7-4-8-12(14,9-11)10-5-2-1-3-6-10/h1-3,5-6,14H,4,7-9H2/t12-/m1/s1. The van der Waals surface area contributed by atoms with Gasteiger partial charge in [-0.2, -0.15) is 0 Å². The molecule has 0 unspecified atom stereocenters. The number of hydrogen-bond donors (Lipinski definition) is 1. The van der Waals surface area contributed by atoms with Gasteiger partial charge in [-0.3, -0.25) is 4.79 Å². The predicted octanol–water partition coefficient (Wildman–Crippen LogP) is 2.02.